The Labute approximate surface area is 193 Å². The average Bonchev–Trinajstić information content (AvgIpc) is 3.43. The van der Waals surface area contributed by atoms with Crippen LogP contribution in [-0.2, 0) is 6.54 Å². The highest BCUT2D eigenvalue weighted by Crippen LogP contribution is 2.33. The SMILES string of the molecule is Cc1cn(-c2cc(F)c(/C=C/c3nc4n(n3)CCC[C@@H]4c3cc(F)c(F)c(F)c3)cc2C)cn1. The number of halogens is 4. The number of aryl methyl sites for hydroxylation is 3. The quantitative estimate of drug-likeness (QED) is 0.284. The Balaban J connectivity index is 1.44. The molecule has 0 fully saturated rings. The van der Waals surface area contributed by atoms with Crippen molar-refractivity contribution in [2.75, 3.05) is 0 Å². The van der Waals surface area contributed by atoms with Crippen LogP contribution in [0.25, 0.3) is 17.8 Å². The molecule has 1 aliphatic rings. The summed E-state index contributed by atoms with van der Waals surface area (Å²) in [6, 6.07) is 5.20. The van der Waals surface area contributed by atoms with E-state index in [9.17, 15) is 17.6 Å². The van der Waals surface area contributed by atoms with Crippen LogP contribution in [0.1, 0.15) is 52.8 Å². The number of rotatable bonds is 4. The van der Waals surface area contributed by atoms with Crippen LogP contribution in [0.5, 0.6) is 0 Å². The predicted octanol–water partition coefficient (Wildman–Crippen LogP) is 5.73. The van der Waals surface area contributed by atoms with E-state index < -0.39 is 29.2 Å². The molecule has 0 N–H and O–H groups in total. The Morgan fingerprint density at radius 3 is 2.44 bits per heavy atom. The highest BCUT2D eigenvalue weighted by Gasteiger charge is 2.27. The fourth-order valence-electron chi connectivity index (χ4n) is 4.35. The minimum absolute atomic E-state index is 0.312. The summed E-state index contributed by atoms with van der Waals surface area (Å²) in [5.74, 6) is -3.86. The number of hydrogen-bond donors (Lipinski definition) is 0. The zero-order valence-corrected chi connectivity index (χ0v) is 18.6. The Kier molecular flexibility index (Phi) is 5.55. The van der Waals surface area contributed by atoms with Gasteiger partial charge < -0.3 is 4.57 Å². The van der Waals surface area contributed by atoms with Gasteiger partial charge >= 0.3 is 0 Å². The first-order valence-corrected chi connectivity index (χ1v) is 10.9. The lowest BCUT2D eigenvalue weighted by Crippen LogP contribution is -2.18. The van der Waals surface area contributed by atoms with Crippen molar-refractivity contribution < 1.29 is 17.6 Å². The summed E-state index contributed by atoms with van der Waals surface area (Å²) in [4.78, 5) is 8.70. The van der Waals surface area contributed by atoms with E-state index in [2.05, 4.69) is 15.1 Å². The van der Waals surface area contributed by atoms with Crippen molar-refractivity contribution in [1.82, 2.24) is 24.3 Å². The van der Waals surface area contributed by atoms with Gasteiger partial charge in [-0.25, -0.2) is 32.2 Å². The number of imidazole rings is 1. The van der Waals surface area contributed by atoms with Crippen molar-refractivity contribution in [3.05, 3.63) is 94.1 Å². The smallest absolute Gasteiger partial charge is 0.194 e. The molecular weight excluding hydrogens is 446 g/mol. The normalized spacial score (nSPS) is 15.8. The molecule has 0 aliphatic carbocycles. The van der Waals surface area contributed by atoms with Crippen LogP contribution >= 0.6 is 0 Å². The van der Waals surface area contributed by atoms with Gasteiger partial charge in [0, 0.05) is 24.2 Å². The average molecular weight is 467 g/mol. The Morgan fingerprint density at radius 1 is 0.971 bits per heavy atom. The zero-order valence-electron chi connectivity index (χ0n) is 18.6. The second-order valence-corrected chi connectivity index (χ2v) is 8.46. The van der Waals surface area contributed by atoms with Crippen LogP contribution in [0, 0.1) is 37.1 Å². The van der Waals surface area contributed by atoms with Crippen LogP contribution in [0.15, 0.2) is 36.8 Å². The van der Waals surface area contributed by atoms with Crippen molar-refractivity contribution in [2.45, 2.75) is 39.2 Å². The van der Waals surface area contributed by atoms with Crippen molar-refractivity contribution in [2.24, 2.45) is 0 Å². The maximum atomic E-state index is 14.8. The molecule has 5 nitrogen and oxygen atoms in total. The zero-order chi connectivity index (χ0) is 24.0. The summed E-state index contributed by atoms with van der Waals surface area (Å²) in [5, 5.41) is 4.45. The van der Waals surface area contributed by atoms with E-state index in [4.69, 9.17) is 0 Å². The molecule has 4 aromatic rings. The second-order valence-electron chi connectivity index (χ2n) is 8.46. The molecule has 5 rings (SSSR count). The molecule has 0 unspecified atom stereocenters. The van der Waals surface area contributed by atoms with Crippen molar-refractivity contribution in [1.29, 1.82) is 0 Å². The van der Waals surface area contributed by atoms with Crippen LogP contribution in [0.2, 0.25) is 0 Å². The van der Waals surface area contributed by atoms with E-state index in [1.807, 2.05) is 20.0 Å². The summed E-state index contributed by atoms with van der Waals surface area (Å²) < 4.78 is 59.2. The number of nitrogens with zero attached hydrogens (tertiary/aromatic N) is 5. The molecule has 1 atom stereocenters. The minimum atomic E-state index is -1.49. The van der Waals surface area contributed by atoms with E-state index in [1.54, 1.807) is 33.8 Å². The van der Waals surface area contributed by atoms with Gasteiger partial charge in [0.2, 0.25) is 0 Å². The van der Waals surface area contributed by atoms with Crippen molar-refractivity contribution in [3.63, 3.8) is 0 Å². The molecule has 34 heavy (non-hydrogen) atoms. The molecule has 2 aromatic carbocycles. The molecule has 0 saturated carbocycles. The van der Waals surface area contributed by atoms with Gasteiger partial charge in [0.25, 0.3) is 0 Å². The molecule has 174 valence electrons. The summed E-state index contributed by atoms with van der Waals surface area (Å²) in [7, 11) is 0. The summed E-state index contributed by atoms with van der Waals surface area (Å²) in [6.07, 6.45) is 8.00. The third-order valence-electron chi connectivity index (χ3n) is 6.02. The van der Waals surface area contributed by atoms with Gasteiger partial charge in [-0.3, -0.25) is 0 Å². The van der Waals surface area contributed by atoms with Crippen molar-refractivity contribution in [3.8, 4) is 5.69 Å². The third kappa shape index (κ3) is 4.02. The largest absolute Gasteiger partial charge is 0.306 e. The molecule has 2 aromatic heterocycles. The molecule has 0 bridgehead atoms. The van der Waals surface area contributed by atoms with Crippen LogP contribution in [0.3, 0.4) is 0 Å². The van der Waals surface area contributed by atoms with Crippen molar-refractivity contribution >= 4 is 12.2 Å². The van der Waals surface area contributed by atoms with Crippen LogP contribution < -0.4 is 0 Å². The molecule has 0 amide bonds. The van der Waals surface area contributed by atoms with Crippen LogP contribution in [0.4, 0.5) is 17.6 Å². The molecule has 9 heteroatoms. The first-order chi connectivity index (χ1) is 16.3. The van der Waals surface area contributed by atoms with E-state index in [0.717, 1.165) is 29.8 Å². The van der Waals surface area contributed by atoms with Gasteiger partial charge in [-0.2, -0.15) is 5.10 Å². The van der Waals surface area contributed by atoms with E-state index in [0.29, 0.717) is 41.4 Å². The van der Waals surface area contributed by atoms with E-state index in [1.165, 1.54) is 6.07 Å². The molecule has 0 saturated heterocycles. The summed E-state index contributed by atoms with van der Waals surface area (Å²) >= 11 is 0. The Hall–Kier alpha value is -3.75. The highest BCUT2D eigenvalue weighted by atomic mass is 19.2. The molecule has 0 radical (unpaired) electrons. The second kappa shape index (κ2) is 8.55. The van der Waals surface area contributed by atoms with Gasteiger partial charge in [0.05, 0.1) is 17.7 Å². The maximum Gasteiger partial charge on any atom is 0.194 e. The van der Waals surface area contributed by atoms with Gasteiger partial charge in [-0.15, -0.1) is 0 Å². The number of aromatic nitrogens is 5. The number of benzene rings is 2. The van der Waals surface area contributed by atoms with E-state index >= 15 is 0 Å². The van der Waals surface area contributed by atoms with E-state index in [-0.39, 0.29) is 0 Å². The Bertz CT molecular complexity index is 1400. The van der Waals surface area contributed by atoms with Gasteiger partial charge in [0.1, 0.15) is 11.6 Å². The lowest BCUT2D eigenvalue weighted by atomic mass is 9.91. The molecular formula is C25H21F4N5. The lowest BCUT2D eigenvalue weighted by Gasteiger charge is -2.22. The fraction of sp³-hybridized carbons (Fsp3) is 0.240. The number of fused-ring (bicyclic) bond motifs is 1. The topological polar surface area (TPSA) is 48.5 Å². The highest BCUT2D eigenvalue weighted by molar-refractivity contribution is 5.68. The lowest BCUT2D eigenvalue weighted by molar-refractivity contribution is 0.427. The first kappa shape index (κ1) is 22.1. The minimum Gasteiger partial charge on any atom is -0.306 e. The number of hydrogen-bond acceptors (Lipinski definition) is 3. The van der Waals surface area contributed by atoms with Gasteiger partial charge in [-0.05, 0) is 74.2 Å². The predicted molar refractivity (Wildman–Crippen MR) is 119 cm³/mol. The third-order valence-corrected chi connectivity index (χ3v) is 6.02. The fourth-order valence-corrected chi connectivity index (χ4v) is 4.35. The molecule has 0 spiro atoms. The summed E-state index contributed by atoms with van der Waals surface area (Å²) in [6.45, 7) is 4.36. The standard InChI is InChI=1S/C25H21F4N5/c1-14-8-16(19(26)11-22(14)33-12-15(2)30-13-33)5-6-23-31-25-18(4-3-7-34(25)32-23)17-9-20(27)24(29)21(28)10-17/h5-6,8-13,18H,3-4,7H2,1-2H3/b6-5+/t18-/m1/s1. The van der Waals surface area contributed by atoms with Gasteiger partial charge in [0.15, 0.2) is 23.3 Å². The first-order valence-electron chi connectivity index (χ1n) is 10.9. The monoisotopic (exact) mass is 467 g/mol. The Morgan fingerprint density at radius 2 is 1.74 bits per heavy atom. The molecule has 3 heterocycles. The summed E-state index contributed by atoms with van der Waals surface area (Å²) in [5.41, 5.74) is 3.10. The molecule has 1 aliphatic heterocycles. The maximum absolute atomic E-state index is 14.8. The van der Waals surface area contributed by atoms with Gasteiger partial charge in [-0.1, -0.05) is 0 Å². The van der Waals surface area contributed by atoms with Crippen LogP contribution in [-0.4, -0.2) is 24.3 Å².